The number of aromatic nitrogens is 2. The second-order valence-corrected chi connectivity index (χ2v) is 5.19. The van der Waals surface area contributed by atoms with Gasteiger partial charge in [0.25, 0.3) is 0 Å². The van der Waals surface area contributed by atoms with E-state index in [9.17, 15) is 0 Å². The first-order valence-electron chi connectivity index (χ1n) is 5.77. The number of anilines is 1. The topological polar surface area (TPSA) is 37.8 Å². The van der Waals surface area contributed by atoms with E-state index < -0.39 is 0 Å². The molecule has 0 radical (unpaired) electrons. The molecule has 17 heavy (non-hydrogen) atoms. The highest BCUT2D eigenvalue weighted by Crippen LogP contribution is 2.32. The molecule has 0 saturated heterocycles. The Morgan fingerprint density at radius 2 is 1.76 bits per heavy atom. The van der Waals surface area contributed by atoms with Gasteiger partial charge in [-0.15, -0.1) is 10.2 Å². The fourth-order valence-electron chi connectivity index (χ4n) is 2.06. The predicted octanol–water partition coefficient (Wildman–Crippen LogP) is 3.56. The number of hydrogen-bond donors (Lipinski definition) is 1. The molecule has 2 aromatic rings. The summed E-state index contributed by atoms with van der Waals surface area (Å²) in [6.07, 6.45) is 0. The van der Waals surface area contributed by atoms with Crippen LogP contribution in [0.3, 0.4) is 0 Å². The molecule has 1 aromatic heterocycles. The number of aryl methyl sites for hydroxylation is 3. The van der Waals surface area contributed by atoms with Crippen molar-refractivity contribution >= 4 is 16.5 Å². The molecule has 90 valence electrons. The molecule has 1 aromatic carbocycles. The summed E-state index contributed by atoms with van der Waals surface area (Å²) in [6.45, 7) is 9.31. The molecular weight excluding hydrogens is 230 g/mol. The monoisotopic (exact) mass is 247 g/mol. The van der Waals surface area contributed by atoms with Crippen LogP contribution in [0.4, 0.5) is 5.13 Å². The van der Waals surface area contributed by atoms with Crippen molar-refractivity contribution in [2.45, 2.75) is 27.7 Å². The van der Waals surface area contributed by atoms with E-state index in [1.807, 2.05) is 0 Å². The highest BCUT2D eigenvalue weighted by molar-refractivity contribution is 7.18. The molecule has 0 aliphatic carbocycles. The first-order chi connectivity index (χ1) is 8.11. The Hall–Kier alpha value is -1.42. The maximum atomic E-state index is 4.26. The molecule has 0 fully saturated rings. The number of rotatable bonds is 3. The fourth-order valence-corrected chi connectivity index (χ4v) is 3.05. The third kappa shape index (κ3) is 2.47. The van der Waals surface area contributed by atoms with Gasteiger partial charge in [-0.3, -0.25) is 0 Å². The van der Waals surface area contributed by atoms with Crippen molar-refractivity contribution in [3.8, 4) is 10.6 Å². The molecule has 2 rings (SSSR count). The number of nitrogens with one attached hydrogen (secondary N) is 1. The van der Waals surface area contributed by atoms with E-state index in [4.69, 9.17) is 0 Å². The molecule has 0 spiro atoms. The smallest absolute Gasteiger partial charge is 0.205 e. The molecule has 0 aliphatic heterocycles. The van der Waals surface area contributed by atoms with Crippen LogP contribution in [-0.4, -0.2) is 16.7 Å². The Balaban J connectivity index is 2.45. The van der Waals surface area contributed by atoms with Gasteiger partial charge in [0, 0.05) is 12.1 Å². The van der Waals surface area contributed by atoms with E-state index in [1.165, 1.54) is 22.3 Å². The third-order valence-electron chi connectivity index (χ3n) is 2.64. The molecular formula is C13H17N3S. The van der Waals surface area contributed by atoms with Gasteiger partial charge in [-0.1, -0.05) is 29.0 Å². The van der Waals surface area contributed by atoms with Crippen molar-refractivity contribution in [2.24, 2.45) is 0 Å². The van der Waals surface area contributed by atoms with Gasteiger partial charge in [0.05, 0.1) is 0 Å². The quantitative estimate of drug-likeness (QED) is 0.901. The first-order valence-corrected chi connectivity index (χ1v) is 6.59. The molecule has 0 unspecified atom stereocenters. The zero-order valence-electron chi connectivity index (χ0n) is 10.7. The Kier molecular flexibility index (Phi) is 3.43. The summed E-state index contributed by atoms with van der Waals surface area (Å²) in [5.74, 6) is 0. The molecule has 0 bridgehead atoms. The summed E-state index contributed by atoms with van der Waals surface area (Å²) < 4.78 is 0. The van der Waals surface area contributed by atoms with Crippen molar-refractivity contribution < 1.29 is 0 Å². The summed E-state index contributed by atoms with van der Waals surface area (Å²) in [7, 11) is 0. The Morgan fingerprint density at radius 3 is 2.35 bits per heavy atom. The Labute approximate surface area is 106 Å². The SMILES string of the molecule is CCNc1nnc(-c2c(C)cc(C)cc2C)s1. The van der Waals surface area contributed by atoms with Crippen LogP contribution >= 0.6 is 11.3 Å². The first kappa shape index (κ1) is 12.0. The lowest BCUT2D eigenvalue weighted by atomic mass is 10.0. The standard InChI is InChI=1S/C13H17N3S/c1-5-14-13-16-15-12(17-13)11-9(3)6-8(2)7-10(11)4/h6-7H,5H2,1-4H3,(H,14,16). The molecule has 0 amide bonds. The van der Waals surface area contributed by atoms with Gasteiger partial charge in [0.15, 0.2) is 0 Å². The van der Waals surface area contributed by atoms with E-state index in [1.54, 1.807) is 11.3 Å². The summed E-state index contributed by atoms with van der Waals surface area (Å²) in [6, 6.07) is 4.38. The van der Waals surface area contributed by atoms with Gasteiger partial charge in [-0.05, 0) is 38.8 Å². The van der Waals surface area contributed by atoms with E-state index in [-0.39, 0.29) is 0 Å². The molecule has 1 N–H and O–H groups in total. The van der Waals surface area contributed by atoms with Gasteiger partial charge in [-0.25, -0.2) is 0 Å². The molecule has 0 saturated carbocycles. The summed E-state index contributed by atoms with van der Waals surface area (Å²) in [4.78, 5) is 0. The second kappa shape index (κ2) is 4.84. The van der Waals surface area contributed by atoms with Crippen LogP contribution in [0.25, 0.3) is 10.6 Å². The van der Waals surface area contributed by atoms with Crippen molar-refractivity contribution in [1.82, 2.24) is 10.2 Å². The average Bonchev–Trinajstić information content (AvgIpc) is 2.65. The van der Waals surface area contributed by atoms with E-state index in [2.05, 4.69) is 55.3 Å². The second-order valence-electron chi connectivity index (χ2n) is 4.22. The molecule has 0 atom stereocenters. The third-order valence-corrected chi connectivity index (χ3v) is 3.54. The van der Waals surface area contributed by atoms with E-state index in [0.29, 0.717) is 0 Å². The van der Waals surface area contributed by atoms with Gasteiger partial charge in [0.1, 0.15) is 5.01 Å². The van der Waals surface area contributed by atoms with E-state index >= 15 is 0 Å². The highest BCUT2D eigenvalue weighted by atomic mass is 32.1. The van der Waals surface area contributed by atoms with Gasteiger partial charge in [-0.2, -0.15) is 0 Å². The lowest BCUT2D eigenvalue weighted by Gasteiger charge is -2.07. The molecule has 0 aliphatic rings. The fraction of sp³-hybridized carbons (Fsp3) is 0.385. The van der Waals surface area contributed by atoms with Crippen LogP contribution in [0.15, 0.2) is 12.1 Å². The van der Waals surface area contributed by atoms with Crippen LogP contribution in [0, 0.1) is 20.8 Å². The maximum Gasteiger partial charge on any atom is 0.205 e. The Morgan fingerprint density at radius 1 is 1.12 bits per heavy atom. The largest absolute Gasteiger partial charge is 0.360 e. The van der Waals surface area contributed by atoms with Gasteiger partial charge in [0.2, 0.25) is 5.13 Å². The minimum absolute atomic E-state index is 0.875. The average molecular weight is 247 g/mol. The zero-order valence-corrected chi connectivity index (χ0v) is 11.5. The van der Waals surface area contributed by atoms with Gasteiger partial charge < -0.3 is 5.32 Å². The highest BCUT2D eigenvalue weighted by Gasteiger charge is 2.11. The number of benzene rings is 1. The van der Waals surface area contributed by atoms with Crippen LogP contribution in [-0.2, 0) is 0 Å². The normalized spacial score (nSPS) is 10.6. The number of hydrogen-bond acceptors (Lipinski definition) is 4. The van der Waals surface area contributed by atoms with Crippen molar-refractivity contribution in [1.29, 1.82) is 0 Å². The van der Waals surface area contributed by atoms with Crippen molar-refractivity contribution in [3.05, 3.63) is 28.8 Å². The molecule has 3 nitrogen and oxygen atoms in total. The number of nitrogens with zero attached hydrogens (tertiary/aromatic N) is 2. The van der Waals surface area contributed by atoms with Crippen LogP contribution in [0.5, 0.6) is 0 Å². The minimum Gasteiger partial charge on any atom is -0.360 e. The predicted molar refractivity (Wildman–Crippen MR) is 73.7 cm³/mol. The molecule has 1 heterocycles. The summed E-state index contributed by atoms with van der Waals surface area (Å²) in [5, 5.41) is 13.5. The summed E-state index contributed by atoms with van der Waals surface area (Å²) in [5.41, 5.74) is 5.04. The van der Waals surface area contributed by atoms with Crippen molar-refractivity contribution in [3.63, 3.8) is 0 Å². The lowest BCUT2D eigenvalue weighted by Crippen LogP contribution is -1.94. The zero-order chi connectivity index (χ0) is 12.4. The maximum absolute atomic E-state index is 4.26. The van der Waals surface area contributed by atoms with Crippen LogP contribution in [0.2, 0.25) is 0 Å². The van der Waals surface area contributed by atoms with Gasteiger partial charge >= 0.3 is 0 Å². The Bertz CT molecular complexity index is 508. The van der Waals surface area contributed by atoms with Crippen LogP contribution < -0.4 is 5.32 Å². The van der Waals surface area contributed by atoms with E-state index in [0.717, 1.165) is 16.7 Å². The minimum atomic E-state index is 0.875. The molecule has 4 heteroatoms. The van der Waals surface area contributed by atoms with Crippen molar-refractivity contribution in [2.75, 3.05) is 11.9 Å². The van der Waals surface area contributed by atoms with Crippen LogP contribution in [0.1, 0.15) is 23.6 Å². The summed E-state index contributed by atoms with van der Waals surface area (Å²) >= 11 is 1.61. The lowest BCUT2D eigenvalue weighted by molar-refractivity contribution is 1.07.